The van der Waals surface area contributed by atoms with Crippen molar-refractivity contribution in [1.29, 1.82) is 0 Å². The first-order valence-corrected chi connectivity index (χ1v) is 6.71. The highest BCUT2D eigenvalue weighted by atomic mass is 19.1. The van der Waals surface area contributed by atoms with Crippen LogP contribution in [0.15, 0.2) is 12.1 Å². The minimum Gasteiger partial charge on any atom is -0.495 e. The maximum absolute atomic E-state index is 14.2. The van der Waals surface area contributed by atoms with E-state index < -0.39 is 11.7 Å². The molecule has 110 valence electrons. The number of rotatable bonds is 5. The van der Waals surface area contributed by atoms with Crippen LogP contribution in [0, 0.1) is 5.82 Å². The number of ether oxygens (including phenoxy) is 1. The highest BCUT2D eigenvalue weighted by Crippen LogP contribution is 2.34. The summed E-state index contributed by atoms with van der Waals surface area (Å²) in [5.74, 6) is -0.544. The van der Waals surface area contributed by atoms with Crippen molar-refractivity contribution in [2.45, 2.75) is 31.7 Å². The molecule has 2 rings (SSSR count). The molecule has 0 aliphatic heterocycles. The molecule has 0 radical (unpaired) electrons. The second-order valence-corrected chi connectivity index (χ2v) is 5.08. The molecule has 1 aliphatic rings. The first kappa shape index (κ1) is 14.4. The summed E-state index contributed by atoms with van der Waals surface area (Å²) < 4.78 is 19.3. The topological polar surface area (TPSA) is 81.6 Å². The lowest BCUT2D eigenvalue weighted by molar-refractivity contribution is -0.116. The third kappa shape index (κ3) is 2.95. The van der Waals surface area contributed by atoms with Gasteiger partial charge in [-0.2, -0.15) is 0 Å². The number of anilines is 2. The maximum Gasteiger partial charge on any atom is 0.236 e. The van der Waals surface area contributed by atoms with Crippen LogP contribution in [0.25, 0.3) is 0 Å². The van der Waals surface area contributed by atoms with Gasteiger partial charge < -0.3 is 21.1 Å². The smallest absolute Gasteiger partial charge is 0.236 e. The van der Waals surface area contributed by atoms with E-state index in [2.05, 4.69) is 0 Å². The molecule has 1 aromatic carbocycles. The zero-order valence-corrected chi connectivity index (χ0v) is 11.6. The molecule has 6 heteroatoms. The predicted octanol–water partition coefficient (Wildman–Crippen LogP) is 1.65. The molecular formula is C14H20FN3O2. The Kier molecular flexibility index (Phi) is 4.32. The highest BCUT2D eigenvalue weighted by Gasteiger charge is 2.26. The van der Waals surface area contributed by atoms with E-state index in [1.165, 1.54) is 19.2 Å². The van der Waals surface area contributed by atoms with Crippen LogP contribution in [0.3, 0.4) is 0 Å². The lowest BCUT2D eigenvalue weighted by Crippen LogP contribution is -2.40. The Hall–Kier alpha value is -1.98. The van der Waals surface area contributed by atoms with E-state index in [1.807, 2.05) is 0 Å². The van der Waals surface area contributed by atoms with Crippen LogP contribution in [-0.2, 0) is 4.79 Å². The number of primary amides is 1. The van der Waals surface area contributed by atoms with E-state index in [0.29, 0.717) is 11.4 Å². The van der Waals surface area contributed by atoms with E-state index >= 15 is 0 Å². The van der Waals surface area contributed by atoms with Crippen molar-refractivity contribution in [3.05, 3.63) is 17.9 Å². The van der Waals surface area contributed by atoms with E-state index in [-0.39, 0.29) is 18.3 Å². The van der Waals surface area contributed by atoms with Crippen LogP contribution < -0.4 is 21.1 Å². The van der Waals surface area contributed by atoms with Gasteiger partial charge in [-0.1, -0.05) is 12.8 Å². The van der Waals surface area contributed by atoms with Crippen molar-refractivity contribution in [3.8, 4) is 5.75 Å². The third-order valence-corrected chi connectivity index (χ3v) is 3.70. The van der Waals surface area contributed by atoms with Gasteiger partial charge in [0.05, 0.1) is 25.0 Å². The zero-order chi connectivity index (χ0) is 14.7. The molecule has 1 saturated carbocycles. The van der Waals surface area contributed by atoms with Crippen molar-refractivity contribution >= 4 is 17.3 Å². The fourth-order valence-electron chi connectivity index (χ4n) is 2.75. The summed E-state index contributed by atoms with van der Waals surface area (Å²) in [6.07, 6.45) is 4.01. The van der Waals surface area contributed by atoms with Crippen molar-refractivity contribution in [3.63, 3.8) is 0 Å². The van der Waals surface area contributed by atoms with Crippen LogP contribution in [0.4, 0.5) is 15.8 Å². The van der Waals surface area contributed by atoms with Crippen molar-refractivity contribution in [1.82, 2.24) is 0 Å². The Bertz CT molecular complexity index is 501. The Morgan fingerprint density at radius 3 is 2.65 bits per heavy atom. The van der Waals surface area contributed by atoms with E-state index in [4.69, 9.17) is 16.2 Å². The summed E-state index contributed by atoms with van der Waals surface area (Å²) in [4.78, 5) is 13.0. The molecule has 0 unspecified atom stereocenters. The van der Waals surface area contributed by atoms with Gasteiger partial charge in [-0.05, 0) is 12.8 Å². The van der Waals surface area contributed by atoms with Crippen molar-refractivity contribution < 1.29 is 13.9 Å². The average Bonchev–Trinajstić information content (AvgIpc) is 2.90. The quantitative estimate of drug-likeness (QED) is 0.804. The second-order valence-electron chi connectivity index (χ2n) is 5.08. The minimum absolute atomic E-state index is 0.00530. The van der Waals surface area contributed by atoms with Crippen molar-refractivity contribution in [2.75, 3.05) is 24.3 Å². The zero-order valence-electron chi connectivity index (χ0n) is 11.6. The number of benzene rings is 1. The number of carbonyl (C=O) groups is 1. The Morgan fingerprint density at radius 2 is 2.10 bits per heavy atom. The standard InChI is InChI=1S/C14H20FN3O2/c1-20-13-7-12(10(15)6-11(13)16)18(8-14(17)19)9-4-2-3-5-9/h6-7,9H,2-5,8,16H2,1H3,(H2,17,19). The van der Waals surface area contributed by atoms with Gasteiger partial charge >= 0.3 is 0 Å². The average molecular weight is 281 g/mol. The molecule has 0 spiro atoms. The molecule has 0 heterocycles. The summed E-state index contributed by atoms with van der Waals surface area (Å²) in [5, 5.41) is 0. The van der Waals surface area contributed by atoms with Gasteiger partial charge in [0, 0.05) is 18.2 Å². The van der Waals surface area contributed by atoms with E-state index in [9.17, 15) is 9.18 Å². The Labute approximate surface area is 117 Å². The number of nitrogen functional groups attached to an aromatic ring is 1. The normalized spacial score (nSPS) is 15.3. The molecule has 1 aliphatic carbocycles. The molecular weight excluding hydrogens is 261 g/mol. The number of hydrogen-bond acceptors (Lipinski definition) is 4. The third-order valence-electron chi connectivity index (χ3n) is 3.70. The van der Waals surface area contributed by atoms with Gasteiger partial charge in [-0.15, -0.1) is 0 Å². The number of halogens is 1. The lowest BCUT2D eigenvalue weighted by Gasteiger charge is -2.30. The van der Waals surface area contributed by atoms with E-state index in [0.717, 1.165) is 25.7 Å². The van der Waals surface area contributed by atoms with E-state index in [1.54, 1.807) is 4.90 Å². The van der Waals surface area contributed by atoms with Gasteiger partial charge in [-0.3, -0.25) is 4.79 Å². The summed E-state index contributed by atoms with van der Waals surface area (Å²) in [7, 11) is 1.47. The van der Waals surface area contributed by atoms with Crippen LogP contribution in [0.2, 0.25) is 0 Å². The van der Waals surface area contributed by atoms with Crippen LogP contribution >= 0.6 is 0 Å². The highest BCUT2D eigenvalue weighted by molar-refractivity contribution is 5.80. The van der Waals surface area contributed by atoms with Gasteiger partial charge in [0.1, 0.15) is 11.6 Å². The van der Waals surface area contributed by atoms with Gasteiger partial charge in [0.25, 0.3) is 0 Å². The lowest BCUT2D eigenvalue weighted by atomic mass is 10.1. The molecule has 0 saturated heterocycles. The molecule has 0 aromatic heterocycles. The number of amides is 1. The molecule has 20 heavy (non-hydrogen) atoms. The Balaban J connectivity index is 2.38. The largest absolute Gasteiger partial charge is 0.495 e. The number of carbonyl (C=O) groups excluding carboxylic acids is 1. The number of hydrogen-bond donors (Lipinski definition) is 2. The van der Waals surface area contributed by atoms with Crippen LogP contribution in [0.1, 0.15) is 25.7 Å². The van der Waals surface area contributed by atoms with Gasteiger partial charge in [-0.25, -0.2) is 4.39 Å². The fraction of sp³-hybridized carbons (Fsp3) is 0.500. The van der Waals surface area contributed by atoms with Crippen molar-refractivity contribution in [2.24, 2.45) is 5.73 Å². The van der Waals surface area contributed by atoms with Gasteiger partial charge in [0.2, 0.25) is 5.91 Å². The number of nitrogens with zero attached hydrogens (tertiary/aromatic N) is 1. The Morgan fingerprint density at radius 1 is 1.45 bits per heavy atom. The minimum atomic E-state index is -0.480. The monoisotopic (exact) mass is 281 g/mol. The molecule has 0 bridgehead atoms. The molecule has 5 nitrogen and oxygen atoms in total. The maximum atomic E-state index is 14.2. The molecule has 1 fully saturated rings. The molecule has 1 aromatic rings. The first-order chi connectivity index (χ1) is 9.52. The van der Waals surface area contributed by atoms with Crippen LogP contribution in [-0.4, -0.2) is 25.6 Å². The summed E-state index contributed by atoms with van der Waals surface area (Å²) in [6, 6.07) is 2.88. The summed E-state index contributed by atoms with van der Waals surface area (Å²) >= 11 is 0. The summed E-state index contributed by atoms with van der Waals surface area (Å²) in [5.41, 5.74) is 11.5. The van der Waals surface area contributed by atoms with Gasteiger partial charge in [0.15, 0.2) is 0 Å². The number of methoxy groups -OCH3 is 1. The molecule has 4 N–H and O–H groups in total. The first-order valence-electron chi connectivity index (χ1n) is 6.71. The number of nitrogens with two attached hydrogens (primary N) is 2. The predicted molar refractivity (Wildman–Crippen MR) is 76.2 cm³/mol. The van der Waals surface area contributed by atoms with Crippen LogP contribution in [0.5, 0.6) is 5.75 Å². The SMILES string of the molecule is COc1cc(N(CC(N)=O)C2CCCC2)c(F)cc1N. The molecule has 0 atom stereocenters. The fourth-order valence-corrected chi connectivity index (χ4v) is 2.75. The summed E-state index contributed by atoms with van der Waals surface area (Å²) in [6.45, 7) is -0.00530. The molecule has 1 amide bonds. The second kappa shape index (κ2) is 5.98.